The molecule has 33 heavy (non-hydrogen) atoms. The van der Waals surface area contributed by atoms with Gasteiger partial charge in [0, 0.05) is 32.4 Å². The molecule has 0 spiro atoms. The van der Waals surface area contributed by atoms with Gasteiger partial charge in [0.25, 0.3) is 0 Å². The number of aromatic nitrogens is 2. The lowest BCUT2D eigenvalue weighted by Crippen LogP contribution is -2.27. The third-order valence-corrected chi connectivity index (χ3v) is 5.03. The summed E-state index contributed by atoms with van der Waals surface area (Å²) in [5, 5.41) is 6.98. The number of rotatable bonds is 16. The molecule has 0 atom stereocenters. The fraction of sp³-hybridized carbons (Fsp3) is 0.615. The molecule has 0 aliphatic carbocycles. The summed E-state index contributed by atoms with van der Waals surface area (Å²) in [5.74, 6) is 0.765. The molecule has 0 aliphatic heterocycles. The third kappa shape index (κ3) is 15.3. The molecular weight excluding hydrogens is 414 g/mol. The summed E-state index contributed by atoms with van der Waals surface area (Å²) >= 11 is 0. The molecule has 1 heterocycles. The minimum atomic E-state index is -0.211. The fourth-order valence-corrected chi connectivity index (χ4v) is 3.48. The van der Waals surface area contributed by atoms with Crippen molar-refractivity contribution in [1.29, 1.82) is 0 Å². The van der Waals surface area contributed by atoms with Crippen LogP contribution in [0.1, 0.15) is 70.3 Å². The second-order valence-electron chi connectivity index (χ2n) is 8.11. The summed E-state index contributed by atoms with van der Waals surface area (Å²) in [6.07, 6.45) is 8.68. The van der Waals surface area contributed by atoms with Gasteiger partial charge in [-0.3, -0.25) is 4.79 Å². The molecule has 0 radical (unpaired) electrons. The van der Waals surface area contributed by atoms with Crippen molar-refractivity contribution in [2.24, 2.45) is 0 Å². The number of aromatic amines is 1. The highest BCUT2D eigenvalue weighted by atomic mass is 16.5. The predicted molar refractivity (Wildman–Crippen MR) is 136 cm³/mol. The molecule has 1 aromatic heterocycles. The molecular formula is C26H45N5O2. The zero-order chi connectivity index (χ0) is 24.2. The van der Waals surface area contributed by atoms with Gasteiger partial charge in [0.1, 0.15) is 5.82 Å². The smallest absolute Gasteiger partial charge is 0.302 e. The van der Waals surface area contributed by atoms with Crippen LogP contribution in [0.4, 0.5) is 0 Å². The van der Waals surface area contributed by atoms with Crippen LogP contribution in [0.5, 0.6) is 0 Å². The van der Waals surface area contributed by atoms with Gasteiger partial charge in [0.15, 0.2) is 0 Å². The number of nitrogens with one attached hydrogen (secondary N) is 3. The van der Waals surface area contributed by atoms with E-state index in [9.17, 15) is 4.79 Å². The fourth-order valence-electron chi connectivity index (χ4n) is 3.48. The molecule has 7 nitrogen and oxygen atoms in total. The normalized spacial score (nSPS) is 10.7. The van der Waals surface area contributed by atoms with Crippen LogP contribution in [0, 0.1) is 0 Å². The van der Waals surface area contributed by atoms with Crippen LogP contribution in [0.3, 0.4) is 0 Å². The van der Waals surface area contributed by atoms with Gasteiger partial charge in [-0.15, -0.1) is 0 Å². The van der Waals surface area contributed by atoms with Crippen molar-refractivity contribution in [3.05, 3.63) is 53.6 Å². The number of esters is 1. The average Bonchev–Trinajstić information content (AvgIpc) is 3.31. The van der Waals surface area contributed by atoms with Crippen molar-refractivity contribution >= 4 is 5.97 Å². The second-order valence-corrected chi connectivity index (χ2v) is 8.11. The second kappa shape index (κ2) is 19.3. The zero-order valence-electron chi connectivity index (χ0n) is 21.2. The van der Waals surface area contributed by atoms with E-state index in [4.69, 9.17) is 0 Å². The van der Waals surface area contributed by atoms with E-state index in [0.29, 0.717) is 6.61 Å². The minimum absolute atomic E-state index is 0.211. The molecule has 0 fully saturated rings. The Morgan fingerprint density at radius 1 is 0.939 bits per heavy atom. The Hall–Kier alpha value is -2.22. The summed E-state index contributed by atoms with van der Waals surface area (Å²) in [6.45, 7) is 15.6. The van der Waals surface area contributed by atoms with Gasteiger partial charge in [-0.2, -0.15) is 0 Å². The number of imidazole rings is 1. The molecule has 0 unspecified atom stereocenters. The molecule has 3 N–H and O–H groups in total. The summed E-state index contributed by atoms with van der Waals surface area (Å²) in [4.78, 5) is 19.7. The van der Waals surface area contributed by atoms with E-state index in [-0.39, 0.29) is 5.97 Å². The summed E-state index contributed by atoms with van der Waals surface area (Å²) < 4.78 is 4.40. The number of carbonyl (C=O) groups is 1. The molecule has 0 amide bonds. The monoisotopic (exact) mass is 459 g/mol. The van der Waals surface area contributed by atoms with Crippen molar-refractivity contribution < 1.29 is 9.53 Å². The van der Waals surface area contributed by atoms with Gasteiger partial charge in [-0.25, -0.2) is 4.98 Å². The van der Waals surface area contributed by atoms with E-state index in [2.05, 4.69) is 68.4 Å². The van der Waals surface area contributed by atoms with E-state index in [1.54, 1.807) is 13.1 Å². The number of hydrogen-bond acceptors (Lipinski definition) is 6. The number of H-pyrrole nitrogens is 1. The van der Waals surface area contributed by atoms with E-state index < -0.39 is 0 Å². The maximum atomic E-state index is 9.82. The van der Waals surface area contributed by atoms with Crippen molar-refractivity contribution in [2.75, 3.05) is 32.8 Å². The minimum Gasteiger partial charge on any atom is -0.466 e. The van der Waals surface area contributed by atoms with E-state index in [0.717, 1.165) is 32.0 Å². The van der Waals surface area contributed by atoms with Crippen LogP contribution in [-0.2, 0) is 29.2 Å². The highest BCUT2D eigenvalue weighted by Crippen LogP contribution is 2.05. The Kier molecular flexibility index (Phi) is 16.8. The average molecular weight is 460 g/mol. The molecule has 186 valence electrons. The van der Waals surface area contributed by atoms with Crippen LogP contribution < -0.4 is 10.6 Å². The Balaban J connectivity index is 0.000000801. The highest BCUT2D eigenvalue weighted by Gasteiger charge is 2.02. The predicted octanol–water partition coefficient (Wildman–Crippen LogP) is 4.26. The number of carbonyl (C=O) groups excluding carboxylic acids is 1. The lowest BCUT2D eigenvalue weighted by atomic mass is 10.1. The zero-order valence-corrected chi connectivity index (χ0v) is 21.2. The third-order valence-electron chi connectivity index (χ3n) is 5.03. The number of hydrogen-bond donors (Lipinski definition) is 3. The molecule has 0 saturated carbocycles. The van der Waals surface area contributed by atoms with Gasteiger partial charge in [0.05, 0.1) is 13.2 Å². The van der Waals surface area contributed by atoms with Crippen LogP contribution >= 0.6 is 0 Å². The van der Waals surface area contributed by atoms with Crippen LogP contribution in [0.25, 0.3) is 0 Å². The topological polar surface area (TPSA) is 82.3 Å². The van der Waals surface area contributed by atoms with Gasteiger partial charge in [0.2, 0.25) is 0 Å². The molecule has 0 bridgehead atoms. The number of benzene rings is 1. The van der Waals surface area contributed by atoms with Gasteiger partial charge >= 0.3 is 5.97 Å². The van der Waals surface area contributed by atoms with E-state index >= 15 is 0 Å². The molecule has 0 saturated heterocycles. The van der Waals surface area contributed by atoms with Gasteiger partial charge in [-0.1, -0.05) is 38.1 Å². The number of nitrogens with zero attached hydrogens (tertiary/aromatic N) is 2. The maximum Gasteiger partial charge on any atom is 0.302 e. The maximum absolute atomic E-state index is 9.82. The van der Waals surface area contributed by atoms with E-state index in [1.807, 2.05) is 6.20 Å². The van der Waals surface area contributed by atoms with Crippen molar-refractivity contribution in [2.45, 2.75) is 73.0 Å². The quantitative estimate of drug-likeness (QED) is 0.257. The molecule has 7 heteroatoms. The first-order chi connectivity index (χ1) is 16.1. The lowest BCUT2D eigenvalue weighted by Gasteiger charge is -2.20. The van der Waals surface area contributed by atoms with Gasteiger partial charge in [-0.05, 0) is 69.9 Å². The Morgan fingerprint density at radius 3 is 2.06 bits per heavy atom. The largest absolute Gasteiger partial charge is 0.466 e. The Bertz CT molecular complexity index is 698. The van der Waals surface area contributed by atoms with Crippen LogP contribution in [0.2, 0.25) is 0 Å². The Labute approximate surface area is 200 Å². The van der Waals surface area contributed by atoms with Crippen LogP contribution in [-0.4, -0.2) is 53.6 Å². The SMILES string of the molecule is CCCN(CCC)CCCCNCc1ccc(CNCc2ncc[nH]2)cc1.CCOC(C)=O. The van der Waals surface area contributed by atoms with Crippen LogP contribution in [0.15, 0.2) is 36.7 Å². The van der Waals surface area contributed by atoms with Crippen molar-refractivity contribution in [1.82, 2.24) is 25.5 Å². The summed E-state index contributed by atoms with van der Waals surface area (Å²) in [7, 11) is 0. The molecule has 1 aromatic carbocycles. The molecule has 2 rings (SSSR count). The first-order valence-corrected chi connectivity index (χ1v) is 12.4. The lowest BCUT2D eigenvalue weighted by molar-refractivity contribution is -0.140. The van der Waals surface area contributed by atoms with E-state index in [1.165, 1.54) is 63.4 Å². The summed E-state index contributed by atoms with van der Waals surface area (Å²) in [6, 6.07) is 8.86. The first-order valence-electron chi connectivity index (χ1n) is 12.4. The molecule has 2 aromatic rings. The molecule has 0 aliphatic rings. The standard InChI is InChI=1S/C22H37N5.C4H8O2/c1-3-14-27(15-4-2)16-6-5-11-23-17-20-7-9-21(10-8-20)18-24-19-22-25-12-13-26-22;1-3-6-4(2)5/h7-10,12-13,23-24H,3-6,11,14-19H2,1-2H3,(H,25,26);3H2,1-2H3. The number of ether oxygens (including phenoxy) is 1. The summed E-state index contributed by atoms with van der Waals surface area (Å²) in [5.41, 5.74) is 2.65. The number of unbranched alkanes of at least 4 members (excludes halogenated alkanes) is 1. The van der Waals surface area contributed by atoms with Crippen molar-refractivity contribution in [3.63, 3.8) is 0 Å². The first kappa shape index (κ1) is 28.8. The van der Waals surface area contributed by atoms with Gasteiger partial charge < -0.3 is 25.3 Å². The van der Waals surface area contributed by atoms with Crippen molar-refractivity contribution in [3.8, 4) is 0 Å². The Morgan fingerprint density at radius 2 is 1.58 bits per heavy atom. The highest BCUT2D eigenvalue weighted by molar-refractivity contribution is 5.65.